The molecule has 0 saturated carbocycles. The van der Waals surface area contributed by atoms with Crippen LogP contribution in [0.5, 0.6) is 0 Å². The molecule has 0 radical (unpaired) electrons. The van der Waals surface area contributed by atoms with Crippen molar-refractivity contribution in [2.24, 2.45) is 5.92 Å². The minimum Gasteiger partial charge on any atom is -0.385 e. The first kappa shape index (κ1) is 27.4. The highest BCUT2D eigenvalue weighted by Gasteiger charge is 2.33. The van der Waals surface area contributed by atoms with Gasteiger partial charge < -0.3 is 15.4 Å². The van der Waals surface area contributed by atoms with Crippen molar-refractivity contribution >= 4 is 50.7 Å². The van der Waals surface area contributed by atoms with Gasteiger partial charge in [0.2, 0.25) is 15.9 Å². The van der Waals surface area contributed by atoms with Crippen LogP contribution in [0.2, 0.25) is 10.0 Å². The summed E-state index contributed by atoms with van der Waals surface area (Å²) in [6, 6.07) is 11.6. The number of ether oxygens (including phenoxy) is 1. The maximum absolute atomic E-state index is 13.1. The van der Waals surface area contributed by atoms with Gasteiger partial charge in [-0.2, -0.15) is 0 Å². The quantitative estimate of drug-likeness (QED) is 0.443. The topological polar surface area (TPSA) is 105 Å². The van der Waals surface area contributed by atoms with Crippen LogP contribution in [-0.4, -0.2) is 57.9 Å². The highest BCUT2D eigenvalue weighted by atomic mass is 35.5. The Labute approximate surface area is 216 Å². The zero-order valence-electron chi connectivity index (χ0n) is 19.4. The van der Waals surface area contributed by atoms with Crippen LogP contribution in [-0.2, 0) is 25.3 Å². The molecule has 0 bridgehead atoms. The van der Waals surface area contributed by atoms with E-state index in [0.717, 1.165) is 0 Å². The van der Waals surface area contributed by atoms with Gasteiger partial charge in [-0.05, 0) is 43.5 Å². The fourth-order valence-corrected chi connectivity index (χ4v) is 6.25. The maximum Gasteiger partial charge on any atom is 0.253 e. The average Bonchev–Trinajstić information content (AvgIpc) is 2.84. The monoisotopic (exact) mass is 541 g/mol. The van der Waals surface area contributed by atoms with E-state index in [9.17, 15) is 18.0 Å². The van der Waals surface area contributed by atoms with Crippen LogP contribution in [0.15, 0.2) is 42.5 Å². The molecule has 1 aliphatic rings. The lowest BCUT2D eigenvalue weighted by molar-refractivity contribution is -0.120. The lowest BCUT2D eigenvalue weighted by Crippen LogP contribution is -2.44. The molecule has 1 fully saturated rings. The highest BCUT2D eigenvalue weighted by molar-refractivity contribution is 7.88. The molecular formula is C24H29Cl2N3O5S. The second-order valence-electron chi connectivity index (χ2n) is 8.29. The van der Waals surface area contributed by atoms with Crippen molar-refractivity contribution in [1.82, 2.24) is 9.62 Å². The van der Waals surface area contributed by atoms with Gasteiger partial charge in [-0.1, -0.05) is 41.4 Å². The SMILES string of the molecule is COCCCNC(=O)c1ccccc1NC(=O)C1CCCN(S(=O)(=O)Cc2c(Cl)cccc2Cl)C1. The van der Waals surface area contributed by atoms with E-state index in [2.05, 4.69) is 10.6 Å². The number of benzene rings is 2. The maximum atomic E-state index is 13.1. The number of sulfonamides is 1. The average molecular weight is 542 g/mol. The molecule has 190 valence electrons. The van der Waals surface area contributed by atoms with Crippen LogP contribution in [0.1, 0.15) is 35.2 Å². The van der Waals surface area contributed by atoms with E-state index in [1.807, 2.05) is 0 Å². The number of nitrogens with one attached hydrogen (secondary N) is 2. The number of nitrogens with zero attached hydrogens (tertiary/aromatic N) is 1. The van der Waals surface area contributed by atoms with E-state index >= 15 is 0 Å². The number of anilines is 1. The number of para-hydroxylation sites is 1. The largest absolute Gasteiger partial charge is 0.385 e. The number of piperidine rings is 1. The highest BCUT2D eigenvalue weighted by Crippen LogP contribution is 2.29. The third kappa shape index (κ3) is 7.41. The van der Waals surface area contributed by atoms with Crippen LogP contribution < -0.4 is 10.6 Å². The smallest absolute Gasteiger partial charge is 0.253 e. The van der Waals surface area contributed by atoms with Crippen LogP contribution in [0.3, 0.4) is 0 Å². The molecule has 1 atom stereocenters. The van der Waals surface area contributed by atoms with Crippen molar-refractivity contribution in [2.75, 3.05) is 38.7 Å². The van der Waals surface area contributed by atoms with E-state index in [0.29, 0.717) is 55.8 Å². The summed E-state index contributed by atoms with van der Waals surface area (Å²) < 4.78 is 32.5. The van der Waals surface area contributed by atoms with Gasteiger partial charge in [-0.25, -0.2) is 12.7 Å². The summed E-state index contributed by atoms with van der Waals surface area (Å²) in [7, 11) is -2.15. The molecular weight excluding hydrogens is 513 g/mol. The third-order valence-corrected chi connectivity index (χ3v) is 8.26. The van der Waals surface area contributed by atoms with E-state index in [1.165, 1.54) is 4.31 Å². The molecule has 3 rings (SSSR count). The van der Waals surface area contributed by atoms with Crippen molar-refractivity contribution in [3.05, 3.63) is 63.6 Å². The normalized spacial score (nSPS) is 16.6. The Hall–Kier alpha value is -2.17. The van der Waals surface area contributed by atoms with Gasteiger partial charge in [-0.15, -0.1) is 0 Å². The molecule has 0 aliphatic carbocycles. The number of methoxy groups -OCH3 is 1. The molecule has 8 nitrogen and oxygen atoms in total. The van der Waals surface area contributed by atoms with Crippen molar-refractivity contribution < 1.29 is 22.7 Å². The third-order valence-electron chi connectivity index (χ3n) is 5.78. The molecule has 0 spiro atoms. The second-order valence-corrected chi connectivity index (χ2v) is 11.1. The Morgan fingerprint density at radius 2 is 1.83 bits per heavy atom. The van der Waals surface area contributed by atoms with E-state index in [1.54, 1.807) is 49.6 Å². The first-order valence-corrected chi connectivity index (χ1v) is 13.7. The van der Waals surface area contributed by atoms with E-state index < -0.39 is 15.9 Å². The summed E-state index contributed by atoms with van der Waals surface area (Å²) in [5.74, 6) is -1.54. The van der Waals surface area contributed by atoms with Gasteiger partial charge in [0.1, 0.15) is 0 Å². The lowest BCUT2D eigenvalue weighted by atomic mass is 9.98. The molecule has 2 amide bonds. The van der Waals surface area contributed by atoms with Crippen molar-refractivity contribution in [3.8, 4) is 0 Å². The molecule has 1 unspecified atom stereocenters. The van der Waals surface area contributed by atoms with Gasteiger partial charge in [-0.3, -0.25) is 9.59 Å². The Bertz CT molecular complexity index is 1140. The van der Waals surface area contributed by atoms with E-state index in [4.69, 9.17) is 27.9 Å². The predicted octanol–water partition coefficient (Wildman–Crippen LogP) is 3.94. The van der Waals surface area contributed by atoms with Crippen LogP contribution in [0, 0.1) is 5.92 Å². The number of hydrogen-bond acceptors (Lipinski definition) is 5. The van der Waals surface area contributed by atoms with Gasteiger partial charge in [0.15, 0.2) is 0 Å². The fourth-order valence-electron chi connectivity index (χ4n) is 3.89. The summed E-state index contributed by atoms with van der Waals surface area (Å²) >= 11 is 12.3. The summed E-state index contributed by atoms with van der Waals surface area (Å²) in [6.45, 7) is 1.33. The molecule has 1 saturated heterocycles. The summed E-state index contributed by atoms with van der Waals surface area (Å²) in [6.07, 6.45) is 1.74. The van der Waals surface area contributed by atoms with Gasteiger partial charge in [0, 0.05) is 49.0 Å². The first-order valence-electron chi connectivity index (χ1n) is 11.3. The van der Waals surface area contributed by atoms with E-state index in [-0.39, 0.29) is 34.2 Å². The number of carbonyl (C=O) groups is 2. The van der Waals surface area contributed by atoms with Crippen molar-refractivity contribution in [3.63, 3.8) is 0 Å². The molecule has 2 aromatic carbocycles. The van der Waals surface area contributed by atoms with Crippen molar-refractivity contribution in [2.45, 2.75) is 25.0 Å². The molecule has 35 heavy (non-hydrogen) atoms. The zero-order chi connectivity index (χ0) is 25.4. The van der Waals surface area contributed by atoms with Gasteiger partial charge in [0.05, 0.1) is 22.9 Å². The number of halogens is 2. The number of hydrogen-bond donors (Lipinski definition) is 2. The summed E-state index contributed by atoms with van der Waals surface area (Å²) in [5.41, 5.74) is 1.06. The van der Waals surface area contributed by atoms with Gasteiger partial charge in [0.25, 0.3) is 5.91 Å². The number of amides is 2. The van der Waals surface area contributed by atoms with Crippen molar-refractivity contribution in [1.29, 1.82) is 0 Å². The Morgan fingerprint density at radius 1 is 1.11 bits per heavy atom. The van der Waals surface area contributed by atoms with Crippen LogP contribution >= 0.6 is 23.2 Å². The fraction of sp³-hybridized carbons (Fsp3) is 0.417. The number of carbonyl (C=O) groups excluding carboxylic acids is 2. The standard InChI is InChI=1S/C24H29Cl2N3O5S/c1-34-14-6-12-27-24(31)18-8-2-3-11-22(18)28-23(30)17-7-5-13-29(15-17)35(32,33)16-19-20(25)9-4-10-21(19)26/h2-4,8-11,17H,5-7,12-16H2,1H3,(H,27,31)(H,28,30). The minimum absolute atomic E-state index is 0.0433. The molecule has 1 heterocycles. The molecule has 0 aromatic heterocycles. The lowest BCUT2D eigenvalue weighted by Gasteiger charge is -2.31. The minimum atomic E-state index is -3.75. The predicted molar refractivity (Wildman–Crippen MR) is 137 cm³/mol. The Morgan fingerprint density at radius 3 is 2.54 bits per heavy atom. The Kier molecular flexibility index (Phi) is 9.94. The van der Waals surface area contributed by atoms with Gasteiger partial charge >= 0.3 is 0 Å². The molecule has 1 aliphatic heterocycles. The number of rotatable bonds is 10. The first-order chi connectivity index (χ1) is 16.7. The second kappa shape index (κ2) is 12.7. The molecule has 2 aromatic rings. The molecule has 2 N–H and O–H groups in total. The van der Waals surface area contributed by atoms with Crippen LogP contribution in [0.4, 0.5) is 5.69 Å². The molecule has 11 heteroatoms. The summed E-state index contributed by atoms with van der Waals surface area (Å²) in [4.78, 5) is 25.6. The summed E-state index contributed by atoms with van der Waals surface area (Å²) in [5, 5.41) is 6.19. The Balaban J connectivity index is 1.67. The zero-order valence-corrected chi connectivity index (χ0v) is 21.8. The van der Waals surface area contributed by atoms with Crippen LogP contribution in [0.25, 0.3) is 0 Å².